The molecular weight excluding hydrogens is 315 g/mol. The number of rotatable bonds is 6. The summed E-state index contributed by atoms with van der Waals surface area (Å²) in [4.78, 5) is 0. The zero-order valence-corrected chi connectivity index (χ0v) is 12.4. The molecule has 6 heteroatoms. The first kappa shape index (κ1) is 17.4. The van der Waals surface area contributed by atoms with Crippen molar-refractivity contribution >= 4 is 0 Å². The number of hydrogen-bond donors (Lipinski definition) is 0. The summed E-state index contributed by atoms with van der Waals surface area (Å²) in [5.74, 6) is -4.70. The molecule has 124 valence electrons. The van der Waals surface area contributed by atoms with Crippen molar-refractivity contribution in [1.82, 2.24) is 0 Å². The van der Waals surface area contributed by atoms with Crippen molar-refractivity contribution in [1.29, 1.82) is 0 Å². The van der Waals surface area contributed by atoms with Gasteiger partial charge < -0.3 is 4.74 Å². The molecule has 0 heterocycles. The van der Waals surface area contributed by atoms with Crippen molar-refractivity contribution in [2.24, 2.45) is 0 Å². The molecule has 0 saturated carbocycles. The molecule has 2 aromatic carbocycles. The first-order chi connectivity index (χ1) is 10.8. The summed E-state index contributed by atoms with van der Waals surface area (Å²) < 4.78 is 70.9. The molecule has 0 N–H and O–H groups in total. The molecule has 0 amide bonds. The third-order valence-electron chi connectivity index (χ3n) is 3.33. The molecule has 0 aliphatic carbocycles. The minimum absolute atomic E-state index is 0.344. The Morgan fingerprint density at radius 1 is 0.870 bits per heavy atom. The van der Waals surface area contributed by atoms with Crippen LogP contribution in [0.1, 0.15) is 23.6 Å². The molecule has 1 nitrogen and oxygen atoms in total. The molecule has 0 unspecified atom stereocenters. The van der Waals surface area contributed by atoms with E-state index < -0.39 is 30.0 Å². The summed E-state index contributed by atoms with van der Waals surface area (Å²) >= 11 is 0. The highest BCUT2D eigenvalue weighted by molar-refractivity contribution is 5.22. The summed E-state index contributed by atoms with van der Waals surface area (Å²) in [5.41, 5.74) is 1.24. The first-order valence-corrected chi connectivity index (χ1v) is 7.04. The molecular formula is C17H15F5O. The largest absolute Gasteiger partial charge is 0.360 e. The van der Waals surface area contributed by atoms with Crippen LogP contribution in [0, 0.1) is 17.5 Å². The van der Waals surface area contributed by atoms with Gasteiger partial charge in [0.1, 0.15) is 0 Å². The van der Waals surface area contributed by atoms with E-state index in [9.17, 15) is 22.0 Å². The molecule has 0 bridgehead atoms. The van der Waals surface area contributed by atoms with Gasteiger partial charge in [-0.2, -0.15) is 8.78 Å². The maximum Gasteiger partial charge on any atom is 0.360 e. The van der Waals surface area contributed by atoms with Crippen molar-refractivity contribution in [3.63, 3.8) is 0 Å². The fraction of sp³-hybridized carbons (Fsp3) is 0.294. The van der Waals surface area contributed by atoms with E-state index in [-0.39, 0.29) is 12.2 Å². The van der Waals surface area contributed by atoms with E-state index >= 15 is 0 Å². The van der Waals surface area contributed by atoms with Crippen molar-refractivity contribution in [2.75, 3.05) is 0 Å². The number of halogens is 5. The van der Waals surface area contributed by atoms with Gasteiger partial charge in [-0.15, -0.1) is 0 Å². The Bertz CT molecular complexity index is 644. The Balaban J connectivity index is 2.01. The van der Waals surface area contributed by atoms with Gasteiger partial charge in [0.2, 0.25) is 0 Å². The minimum atomic E-state index is -3.62. The quantitative estimate of drug-likeness (QED) is 0.534. The molecule has 0 aliphatic rings. The fourth-order valence-electron chi connectivity index (χ4n) is 2.06. The van der Waals surface area contributed by atoms with Crippen LogP contribution < -0.4 is 0 Å². The lowest BCUT2D eigenvalue weighted by Crippen LogP contribution is -2.24. The van der Waals surface area contributed by atoms with Crippen LogP contribution >= 0.6 is 0 Å². The summed E-state index contributed by atoms with van der Waals surface area (Å²) in [5, 5.41) is 0. The fourth-order valence-corrected chi connectivity index (χ4v) is 2.06. The van der Waals surface area contributed by atoms with E-state index in [2.05, 4.69) is 4.74 Å². The summed E-state index contributed by atoms with van der Waals surface area (Å²) in [7, 11) is 0. The van der Waals surface area contributed by atoms with E-state index in [1.54, 1.807) is 12.1 Å². The standard InChI is InChI=1S/C17H15F5O/c1-2-11-3-5-12(6-4-11)10-23-17(21,22)9-13-7-14(18)16(20)15(19)8-13/h3-8H,2,9-10H2,1H3. The molecule has 0 aliphatic heterocycles. The zero-order chi connectivity index (χ0) is 17.0. The SMILES string of the molecule is CCc1ccc(COC(F)(F)Cc2cc(F)c(F)c(F)c2)cc1. The maximum atomic E-state index is 13.7. The van der Waals surface area contributed by atoms with Gasteiger partial charge >= 0.3 is 6.11 Å². The topological polar surface area (TPSA) is 9.23 Å². The van der Waals surface area contributed by atoms with Gasteiger partial charge in [-0.1, -0.05) is 31.2 Å². The Kier molecular flexibility index (Phi) is 5.36. The molecule has 0 radical (unpaired) electrons. The minimum Gasteiger partial charge on any atom is -0.315 e. The first-order valence-electron chi connectivity index (χ1n) is 7.04. The summed E-state index contributed by atoms with van der Waals surface area (Å²) in [6, 6.07) is 8.03. The predicted octanol–water partition coefficient (Wildman–Crippen LogP) is 5.02. The number of ether oxygens (including phenoxy) is 1. The predicted molar refractivity (Wildman–Crippen MR) is 75.6 cm³/mol. The highest BCUT2D eigenvalue weighted by Crippen LogP contribution is 2.25. The Morgan fingerprint density at radius 3 is 1.91 bits per heavy atom. The monoisotopic (exact) mass is 330 g/mol. The van der Waals surface area contributed by atoms with Crippen molar-refractivity contribution in [3.8, 4) is 0 Å². The van der Waals surface area contributed by atoms with Crippen LogP contribution in [-0.2, 0) is 24.2 Å². The molecule has 23 heavy (non-hydrogen) atoms. The molecule has 0 saturated heterocycles. The molecule has 0 spiro atoms. The van der Waals surface area contributed by atoms with Gasteiger partial charge in [0.05, 0.1) is 13.0 Å². The van der Waals surface area contributed by atoms with Gasteiger partial charge in [-0.25, -0.2) is 13.2 Å². The van der Waals surface area contributed by atoms with E-state index in [1.165, 1.54) is 0 Å². The second kappa shape index (κ2) is 7.08. The summed E-state index contributed by atoms with van der Waals surface area (Å²) in [6.07, 6.45) is -3.84. The van der Waals surface area contributed by atoms with Crippen molar-refractivity contribution in [2.45, 2.75) is 32.5 Å². The molecule has 2 aromatic rings. The highest BCUT2D eigenvalue weighted by Gasteiger charge is 2.31. The lowest BCUT2D eigenvalue weighted by molar-refractivity contribution is -0.244. The van der Waals surface area contributed by atoms with Crippen LogP contribution in [0.5, 0.6) is 0 Å². The second-order valence-electron chi connectivity index (χ2n) is 5.15. The zero-order valence-electron chi connectivity index (χ0n) is 12.4. The van der Waals surface area contributed by atoms with E-state index in [0.717, 1.165) is 12.0 Å². The van der Waals surface area contributed by atoms with Gasteiger partial charge in [-0.3, -0.25) is 0 Å². The molecule has 0 atom stereocenters. The smallest absolute Gasteiger partial charge is 0.315 e. The third-order valence-corrected chi connectivity index (χ3v) is 3.33. The highest BCUT2D eigenvalue weighted by atomic mass is 19.3. The Labute approximate surface area is 130 Å². The van der Waals surface area contributed by atoms with Crippen LogP contribution in [0.4, 0.5) is 22.0 Å². The maximum absolute atomic E-state index is 13.7. The number of hydrogen-bond acceptors (Lipinski definition) is 1. The average molecular weight is 330 g/mol. The van der Waals surface area contributed by atoms with E-state index in [0.29, 0.717) is 17.7 Å². The van der Waals surface area contributed by atoms with Crippen LogP contribution in [0.3, 0.4) is 0 Å². The number of aryl methyl sites for hydroxylation is 1. The van der Waals surface area contributed by atoms with E-state index in [4.69, 9.17) is 0 Å². The Morgan fingerprint density at radius 2 is 1.39 bits per heavy atom. The molecule has 0 aromatic heterocycles. The third kappa shape index (κ3) is 4.76. The second-order valence-corrected chi connectivity index (χ2v) is 5.15. The van der Waals surface area contributed by atoms with Gasteiger partial charge in [0.25, 0.3) is 0 Å². The lowest BCUT2D eigenvalue weighted by Gasteiger charge is -2.17. The van der Waals surface area contributed by atoms with Crippen LogP contribution in [0.2, 0.25) is 0 Å². The van der Waals surface area contributed by atoms with Crippen molar-refractivity contribution < 1.29 is 26.7 Å². The molecule has 0 fully saturated rings. The van der Waals surface area contributed by atoms with Gasteiger partial charge in [0, 0.05) is 0 Å². The average Bonchev–Trinajstić information content (AvgIpc) is 2.51. The lowest BCUT2D eigenvalue weighted by atomic mass is 10.1. The normalized spacial score (nSPS) is 11.7. The number of benzene rings is 2. The number of alkyl halides is 2. The van der Waals surface area contributed by atoms with Crippen molar-refractivity contribution in [3.05, 3.63) is 70.5 Å². The van der Waals surface area contributed by atoms with E-state index in [1.807, 2.05) is 19.1 Å². The summed E-state index contributed by atoms with van der Waals surface area (Å²) in [6.45, 7) is 1.63. The van der Waals surface area contributed by atoms with Gasteiger partial charge in [-0.05, 0) is 35.2 Å². The Hall–Kier alpha value is -1.95. The van der Waals surface area contributed by atoms with Crippen LogP contribution in [0.15, 0.2) is 36.4 Å². The van der Waals surface area contributed by atoms with Crippen LogP contribution in [0.25, 0.3) is 0 Å². The van der Waals surface area contributed by atoms with Gasteiger partial charge in [0.15, 0.2) is 17.5 Å². The van der Waals surface area contributed by atoms with Crippen LogP contribution in [-0.4, -0.2) is 6.11 Å². The molecule has 2 rings (SSSR count).